The van der Waals surface area contributed by atoms with Crippen molar-refractivity contribution in [3.8, 4) is 11.3 Å². The molecule has 7 nitrogen and oxygen atoms in total. The number of carboxylic acids is 1. The monoisotopic (exact) mass is 413 g/mol. The molecule has 3 rings (SSSR count). The first kappa shape index (κ1) is 17.8. The van der Waals surface area contributed by atoms with Crippen LogP contribution in [0, 0.1) is 6.92 Å². The summed E-state index contributed by atoms with van der Waals surface area (Å²) >= 11 is 3.44. The molecular weight excluding hydrogens is 398 g/mol. The molecule has 0 radical (unpaired) electrons. The van der Waals surface area contributed by atoms with Crippen LogP contribution in [-0.4, -0.2) is 32.6 Å². The number of hydrogen-bond donors (Lipinski definition) is 3. The van der Waals surface area contributed by atoms with E-state index in [0.29, 0.717) is 11.5 Å². The minimum absolute atomic E-state index is 0.235. The van der Waals surface area contributed by atoms with Gasteiger partial charge in [-0.25, -0.2) is 4.98 Å². The molecule has 0 aliphatic carbocycles. The van der Waals surface area contributed by atoms with Crippen LogP contribution in [0.3, 0.4) is 0 Å². The van der Waals surface area contributed by atoms with Gasteiger partial charge in [0.2, 0.25) is 5.95 Å². The number of hydrogen-bond acceptors (Lipinski definition) is 6. The molecule has 1 aromatic carbocycles. The highest BCUT2D eigenvalue weighted by Crippen LogP contribution is 2.26. The van der Waals surface area contributed by atoms with E-state index in [0.717, 1.165) is 21.3 Å². The number of aromatic nitrogens is 3. The Morgan fingerprint density at radius 3 is 2.62 bits per heavy atom. The van der Waals surface area contributed by atoms with Crippen molar-refractivity contribution in [2.24, 2.45) is 0 Å². The maximum Gasteiger partial charge on any atom is 0.322 e. The molecule has 0 amide bonds. The molecule has 8 heteroatoms. The zero-order valence-corrected chi connectivity index (χ0v) is 15.5. The Bertz CT molecular complexity index is 934. The van der Waals surface area contributed by atoms with Gasteiger partial charge in [-0.05, 0) is 42.8 Å². The lowest BCUT2D eigenvalue weighted by atomic mass is 10.2. The number of rotatable bonds is 6. The first-order valence-corrected chi connectivity index (χ1v) is 8.59. The lowest BCUT2D eigenvalue weighted by Gasteiger charge is -2.12. The van der Waals surface area contributed by atoms with Gasteiger partial charge in [-0.3, -0.25) is 9.78 Å². The second-order valence-corrected chi connectivity index (χ2v) is 6.45. The van der Waals surface area contributed by atoms with E-state index < -0.39 is 5.97 Å². The van der Waals surface area contributed by atoms with Crippen molar-refractivity contribution in [3.05, 3.63) is 58.8 Å². The third-order valence-electron chi connectivity index (χ3n) is 3.55. The van der Waals surface area contributed by atoms with E-state index >= 15 is 0 Å². The molecule has 132 valence electrons. The second-order valence-electron chi connectivity index (χ2n) is 5.53. The maximum absolute atomic E-state index is 10.8. The fraction of sp³-hybridized carbons (Fsp3) is 0.111. The van der Waals surface area contributed by atoms with Crippen LogP contribution in [0.4, 0.5) is 17.5 Å². The molecule has 0 aliphatic rings. The van der Waals surface area contributed by atoms with Gasteiger partial charge in [-0.15, -0.1) is 0 Å². The summed E-state index contributed by atoms with van der Waals surface area (Å²) in [7, 11) is 0. The Hall–Kier alpha value is -3.00. The van der Waals surface area contributed by atoms with Crippen molar-refractivity contribution < 1.29 is 9.90 Å². The van der Waals surface area contributed by atoms with Crippen LogP contribution in [0.5, 0.6) is 0 Å². The van der Waals surface area contributed by atoms with Crippen LogP contribution < -0.4 is 10.6 Å². The Balaban J connectivity index is 1.97. The number of carbonyl (C=O) groups is 1. The summed E-state index contributed by atoms with van der Waals surface area (Å²) < 4.78 is 0.990. The Labute approximate surface area is 158 Å². The van der Waals surface area contributed by atoms with Crippen molar-refractivity contribution in [1.82, 2.24) is 15.0 Å². The summed E-state index contributed by atoms with van der Waals surface area (Å²) in [5.74, 6) is -0.190. The third-order valence-corrected chi connectivity index (χ3v) is 4.04. The second kappa shape index (κ2) is 7.92. The molecule has 3 aromatic rings. The molecule has 2 heterocycles. The number of aliphatic carboxylic acids is 1. The maximum atomic E-state index is 10.8. The fourth-order valence-electron chi connectivity index (χ4n) is 2.32. The molecule has 2 aromatic heterocycles. The van der Waals surface area contributed by atoms with Gasteiger partial charge in [0.15, 0.2) is 0 Å². The van der Waals surface area contributed by atoms with E-state index in [9.17, 15) is 4.79 Å². The van der Waals surface area contributed by atoms with Crippen LogP contribution in [0.25, 0.3) is 11.3 Å². The molecular formula is C18H16BrN5O2. The van der Waals surface area contributed by atoms with Crippen LogP contribution in [0.15, 0.2) is 53.3 Å². The van der Waals surface area contributed by atoms with E-state index in [1.54, 1.807) is 12.4 Å². The first-order valence-electron chi connectivity index (χ1n) is 7.79. The predicted octanol–water partition coefficient (Wildman–Crippen LogP) is 3.85. The van der Waals surface area contributed by atoms with E-state index in [4.69, 9.17) is 5.11 Å². The summed E-state index contributed by atoms with van der Waals surface area (Å²) in [6.07, 6.45) is 3.35. The van der Waals surface area contributed by atoms with Gasteiger partial charge < -0.3 is 15.7 Å². The Morgan fingerprint density at radius 2 is 1.92 bits per heavy atom. The lowest BCUT2D eigenvalue weighted by molar-refractivity contribution is -0.134. The molecule has 0 saturated heterocycles. The predicted molar refractivity (Wildman–Crippen MR) is 104 cm³/mol. The molecule has 0 fully saturated rings. The van der Waals surface area contributed by atoms with Gasteiger partial charge in [-0.1, -0.05) is 15.9 Å². The molecule has 3 N–H and O–H groups in total. The summed E-state index contributed by atoms with van der Waals surface area (Å²) in [5.41, 5.74) is 3.46. The largest absolute Gasteiger partial charge is 0.480 e. The van der Waals surface area contributed by atoms with Crippen molar-refractivity contribution in [1.29, 1.82) is 0 Å². The highest BCUT2D eigenvalue weighted by molar-refractivity contribution is 9.10. The molecule has 0 aliphatic heterocycles. The van der Waals surface area contributed by atoms with Crippen LogP contribution in [-0.2, 0) is 4.79 Å². The normalized spacial score (nSPS) is 10.4. The van der Waals surface area contributed by atoms with Crippen LogP contribution in [0.2, 0.25) is 0 Å². The molecule has 0 atom stereocenters. The topological polar surface area (TPSA) is 100 Å². The van der Waals surface area contributed by atoms with Gasteiger partial charge in [0.25, 0.3) is 0 Å². The van der Waals surface area contributed by atoms with E-state index in [1.807, 2.05) is 43.3 Å². The fourth-order valence-corrected chi connectivity index (χ4v) is 2.80. The first-order chi connectivity index (χ1) is 12.5. The number of benzene rings is 1. The van der Waals surface area contributed by atoms with E-state index in [-0.39, 0.29) is 12.5 Å². The number of aryl methyl sites for hydroxylation is 1. The number of pyridine rings is 1. The molecule has 0 bridgehead atoms. The Morgan fingerprint density at radius 1 is 1.15 bits per heavy atom. The highest BCUT2D eigenvalue weighted by atomic mass is 79.9. The average Bonchev–Trinajstić information content (AvgIpc) is 2.63. The van der Waals surface area contributed by atoms with Gasteiger partial charge in [0.1, 0.15) is 12.4 Å². The summed E-state index contributed by atoms with van der Waals surface area (Å²) in [4.78, 5) is 23.6. The Kier molecular flexibility index (Phi) is 5.43. The summed E-state index contributed by atoms with van der Waals surface area (Å²) in [6.45, 7) is 1.72. The van der Waals surface area contributed by atoms with Gasteiger partial charge in [-0.2, -0.15) is 4.98 Å². The third kappa shape index (κ3) is 4.54. The van der Waals surface area contributed by atoms with Gasteiger partial charge >= 0.3 is 5.97 Å². The molecule has 26 heavy (non-hydrogen) atoms. The molecule has 0 spiro atoms. The van der Waals surface area contributed by atoms with Crippen molar-refractivity contribution in [3.63, 3.8) is 0 Å². The zero-order chi connectivity index (χ0) is 18.5. The molecule has 0 saturated carbocycles. The van der Waals surface area contributed by atoms with Crippen LogP contribution in [0.1, 0.15) is 5.56 Å². The van der Waals surface area contributed by atoms with Gasteiger partial charge in [0.05, 0.1) is 5.69 Å². The van der Waals surface area contributed by atoms with Crippen LogP contribution >= 0.6 is 15.9 Å². The number of carboxylic acid groups (broad SMARTS) is 1. The smallest absolute Gasteiger partial charge is 0.322 e. The summed E-state index contributed by atoms with van der Waals surface area (Å²) in [6, 6.07) is 11.3. The van der Waals surface area contributed by atoms with Crippen molar-refractivity contribution in [2.45, 2.75) is 6.92 Å². The number of nitrogens with one attached hydrogen (secondary N) is 2. The summed E-state index contributed by atoms with van der Waals surface area (Å²) in [5, 5.41) is 14.9. The van der Waals surface area contributed by atoms with E-state index in [1.165, 1.54) is 0 Å². The number of halogens is 1. The SMILES string of the molecule is Cc1cc(Br)ccc1Nc1cc(-c2ccncc2)nc(NCC(=O)O)n1. The zero-order valence-electron chi connectivity index (χ0n) is 13.9. The highest BCUT2D eigenvalue weighted by Gasteiger charge is 2.09. The lowest BCUT2D eigenvalue weighted by Crippen LogP contribution is -2.15. The minimum atomic E-state index is -0.985. The molecule has 0 unspecified atom stereocenters. The quantitative estimate of drug-likeness (QED) is 0.563. The number of anilines is 3. The van der Waals surface area contributed by atoms with Gasteiger partial charge in [0, 0.05) is 34.2 Å². The standard InChI is InChI=1S/C18H16BrN5O2/c1-11-8-13(19)2-3-14(11)22-16-9-15(12-4-6-20-7-5-12)23-18(24-16)21-10-17(25)26/h2-9H,10H2,1H3,(H,25,26)(H2,21,22,23,24). The number of nitrogens with zero attached hydrogens (tertiary/aromatic N) is 3. The van der Waals surface area contributed by atoms with Crippen molar-refractivity contribution >= 4 is 39.4 Å². The van der Waals surface area contributed by atoms with E-state index in [2.05, 4.69) is 41.5 Å². The van der Waals surface area contributed by atoms with Crippen molar-refractivity contribution in [2.75, 3.05) is 17.2 Å². The average molecular weight is 414 g/mol. The minimum Gasteiger partial charge on any atom is -0.480 e.